The standard InChI is InChI=1S/C11H25NO2/c1-6-11(4,12)9-14-8-7-10(2,3)13-5/h6-9,12H2,1-5H3. The van der Waals surface area contributed by atoms with E-state index in [1.54, 1.807) is 7.11 Å². The van der Waals surface area contributed by atoms with E-state index in [2.05, 4.69) is 20.8 Å². The Balaban J connectivity index is 3.57. The Morgan fingerprint density at radius 2 is 1.79 bits per heavy atom. The summed E-state index contributed by atoms with van der Waals surface area (Å²) in [5.74, 6) is 0. The molecule has 0 aromatic heterocycles. The minimum atomic E-state index is -0.197. The Labute approximate surface area is 88.0 Å². The molecule has 0 amide bonds. The predicted octanol–water partition coefficient (Wildman–Crippen LogP) is 1.95. The number of rotatable bonds is 7. The van der Waals surface area contributed by atoms with Crippen molar-refractivity contribution < 1.29 is 9.47 Å². The van der Waals surface area contributed by atoms with Crippen LogP contribution in [0, 0.1) is 0 Å². The largest absolute Gasteiger partial charge is 0.379 e. The lowest BCUT2D eigenvalue weighted by Gasteiger charge is -2.25. The first-order valence-corrected chi connectivity index (χ1v) is 5.25. The molecule has 0 aliphatic carbocycles. The van der Waals surface area contributed by atoms with Crippen LogP contribution in [-0.4, -0.2) is 31.5 Å². The first-order valence-electron chi connectivity index (χ1n) is 5.25. The van der Waals surface area contributed by atoms with Crippen molar-refractivity contribution >= 4 is 0 Å². The molecule has 0 rings (SSSR count). The predicted molar refractivity (Wildman–Crippen MR) is 59.4 cm³/mol. The van der Waals surface area contributed by atoms with Crippen LogP contribution in [0.3, 0.4) is 0 Å². The molecule has 2 N–H and O–H groups in total. The topological polar surface area (TPSA) is 44.5 Å². The summed E-state index contributed by atoms with van der Waals surface area (Å²) in [7, 11) is 1.72. The Hall–Kier alpha value is -0.120. The molecule has 1 atom stereocenters. The molecule has 0 saturated carbocycles. The highest BCUT2D eigenvalue weighted by Crippen LogP contribution is 2.13. The number of hydrogen-bond acceptors (Lipinski definition) is 3. The lowest BCUT2D eigenvalue weighted by molar-refractivity contribution is -0.0156. The van der Waals surface area contributed by atoms with Gasteiger partial charge in [-0.25, -0.2) is 0 Å². The molecule has 0 aliphatic rings. The molecule has 0 saturated heterocycles. The van der Waals surface area contributed by atoms with Gasteiger partial charge in [0, 0.05) is 19.3 Å². The third-order valence-corrected chi connectivity index (χ3v) is 2.64. The Bertz CT molecular complexity index is 137. The summed E-state index contributed by atoms with van der Waals surface area (Å²) < 4.78 is 10.8. The molecule has 0 heterocycles. The van der Waals surface area contributed by atoms with E-state index >= 15 is 0 Å². The maximum Gasteiger partial charge on any atom is 0.0644 e. The zero-order valence-electron chi connectivity index (χ0n) is 10.2. The molecule has 3 heteroatoms. The van der Waals surface area contributed by atoms with E-state index in [-0.39, 0.29) is 11.1 Å². The summed E-state index contributed by atoms with van der Waals surface area (Å²) in [5.41, 5.74) is 5.64. The molecule has 0 spiro atoms. The zero-order valence-corrected chi connectivity index (χ0v) is 10.2. The molecule has 0 aromatic carbocycles. The second-order valence-corrected chi connectivity index (χ2v) is 4.77. The number of methoxy groups -OCH3 is 1. The average molecular weight is 203 g/mol. The second kappa shape index (κ2) is 5.69. The van der Waals surface area contributed by atoms with Gasteiger partial charge in [0.25, 0.3) is 0 Å². The summed E-state index contributed by atoms with van der Waals surface area (Å²) in [5, 5.41) is 0. The van der Waals surface area contributed by atoms with Gasteiger partial charge in [-0.1, -0.05) is 6.92 Å². The van der Waals surface area contributed by atoms with Gasteiger partial charge in [-0.3, -0.25) is 0 Å². The van der Waals surface area contributed by atoms with Crippen molar-refractivity contribution in [1.82, 2.24) is 0 Å². The molecule has 0 aromatic rings. The monoisotopic (exact) mass is 203 g/mol. The van der Waals surface area contributed by atoms with E-state index < -0.39 is 0 Å². The van der Waals surface area contributed by atoms with Gasteiger partial charge < -0.3 is 15.2 Å². The van der Waals surface area contributed by atoms with Crippen molar-refractivity contribution in [2.75, 3.05) is 20.3 Å². The third-order valence-electron chi connectivity index (χ3n) is 2.64. The first-order chi connectivity index (χ1) is 6.33. The van der Waals surface area contributed by atoms with Gasteiger partial charge >= 0.3 is 0 Å². The third kappa shape index (κ3) is 6.35. The molecular formula is C11H25NO2. The maximum atomic E-state index is 5.94. The smallest absolute Gasteiger partial charge is 0.0644 e. The Morgan fingerprint density at radius 3 is 2.21 bits per heavy atom. The molecule has 0 aliphatic heterocycles. The van der Waals surface area contributed by atoms with Crippen LogP contribution in [0.15, 0.2) is 0 Å². The van der Waals surface area contributed by atoms with Crippen LogP contribution < -0.4 is 5.73 Å². The molecule has 14 heavy (non-hydrogen) atoms. The van der Waals surface area contributed by atoms with Crippen LogP contribution in [0.4, 0.5) is 0 Å². The summed E-state index contributed by atoms with van der Waals surface area (Å²) >= 11 is 0. The highest BCUT2D eigenvalue weighted by Gasteiger charge is 2.18. The van der Waals surface area contributed by atoms with Gasteiger partial charge in [0.15, 0.2) is 0 Å². The SMILES string of the molecule is CCC(C)(N)COCCC(C)(C)OC. The highest BCUT2D eigenvalue weighted by atomic mass is 16.5. The molecule has 0 radical (unpaired) electrons. The van der Waals surface area contributed by atoms with Gasteiger partial charge in [0.05, 0.1) is 12.2 Å². The van der Waals surface area contributed by atoms with Gasteiger partial charge in [-0.05, 0) is 33.6 Å². The second-order valence-electron chi connectivity index (χ2n) is 4.77. The Kier molecular flexibility index (Phi) is 5.64. The minimum Gasteiger partial charge on any atom is -0.379 e. The van der Waals surface area contributed by atoms with Crippen LogP contribution in [0.2, 0.25) is 0 Å². The van der Waals surface area contributed by atoms with Crippen molar-refractivity contribution in [3.05, 3.63) is 0 Å². The highest BCUT2D eigenvalue weighted by molar-refractivity contribution is 4.76. The molecule has 86 valence electrons. The first kappa shape index (κ1) is 13.9. The van der Waals surface area contributed by atoms with E-state index in [0.29, 0.717) is 13.2 Å². The van der Waals surface area contributed by atoms with Crippen molar-refractivity contribution in [2.24, 2.45) is 5.73 Å². The number of ether oxygens (including phenoxy) is 2. The molecule has 1 unspecified atom stereocenters. The van der Waals surface area contributed by atoms with Crippen molar-refractivity contribution in [3.63, 3.8) is 0 Å². The summed E-state index contributed by atoms with van der Waals surface area (Å²) in [4.78, 5) is 0. The zero-order chi connectivity index (χ0) is 11.2. The van der Waals surface area contributed by atoms with E-state index in [9.17, 15) is 0 Å². The summed E-state index contributed by atoms with van der Waals surface area (Å²) in [6, 6.07) is 0. The average Bonchev–Trinajstić information content (AvgIpc) is 2.13. The quantitative estimate of drug-likeness (QED) is 0.643. The molecule has 0 fully saturated rings. The van der Waals surface area contributed by atoms with Crippen molar-refractivity contribution in [3.8, 4) is 0 Å². The van der Waals surface area contributed by atoms with Gasteiger partial charge in [0.2, 0.25) is 0 Å². The van der Waals surface area contributed by atoms with E-state index in [4.69, 9.17) is 15.2 Å². The minimum absolute atomic E-state index is 0.1000. The number of nitrogens with two attached hydrogens (primary N) is 1. The van der Waals surface area contributed by atoms with Gasteiger partial charge in [0.1, 0.15) is 0 Å². The lowest BCUT2D eigenvalue weighted by Crippen LogP contribution is -2.40. The van der Waals surface area contributed by atoms with Crippen molar-refractivity contribution in [1.29, 1.82) is 0 Å². The van der Waals surface area contributed by atoms with Gasteiger partial charge in [-0.2, -0.15) is 0 Å². The summed E-state index contributed by atoms with van der Waals surface area (Å²) in [6.45, 7) is 9.50. The van der Waals surface area contributed by atoms with Crippen LogP contribution in [0.1, 0.15) is 40.5 Å². The van der Waals surface area contributed by atoms with Crippen LogP contribution in [-0.2, 0) is 9.47 Å². The van der Waals surface area contributed by atoms with Crippen LogP contribution in [0.25, 0.3) is 0 Å². The fourth-order valence-electron chi connectivity index (χ4n) is 0.827. The molecule has 0 bridgehead atoms. The van der Waals surface area contributed by atoms with Gasteiger partial charge in [-0.15, -0.1) is 0 Å². The fourth-order valence-corrected chi connectivity index (χ4v) is 0.827. The molecular weight excluding hydrogens is 178 g/mol. The number of hydrogen-bond donors (Lipinski definition) is 1. The normalized spacial score (nSPS) is 16.7. The lowest BCUT2D eigenvalue weighted by atomic mass is 10.0. The van der Waals surface area contributed by atoms with E-state index in [1.807, 2.05) is 6.92 Å². The summed E-state index contributed by atoms with van der Waals surface area (Å²) in [6.07, 6.45) is 1.82. The maximum absolute atomic E-state index is 5.94. The van der Waals surface area contributed by atoms with Crippen LogP contribution >= 0.6 is 0 Å². The molecule has 3 nitrogen and oxygen atoms in total. The van der Waals surface area contributed by atoms with Crippen LogP contribution in [0.5, 0.6) is 0 Å². The fraction of sp³-hybridized carbons (Fsp3) is 1.00. The Morgan fingerprint density at radius 1 is 1.21 bits per heavy atom. The van der Waals surface area contributed by atoms with Crippen molar-refractivity contribution in [2.45, 2.75) is 51.7 Å². The van der Waals surface area contributed by atoms with E-state index in [1.165, 1.54) is 0 Å². The van der Waals surface area contributed by atoms with E-state index in [0.717, 1.165) is 12.8 Å².